The second kappa shape index (κ2) is 11.7. The van der Waals surface area contributed by atoms with Crippen molar-refractivity contribution in [3.63, 3.8) is 0 Å². The Hall–Kier alpha value is -2.86. The van der Waals surface area contributed by atoms with E-state index in [0.717, 1.165) is 35.6 Å². The van der Waals surface area contributed by atoms with Crippen LogP contribution in [0.4, 0.5) is 0 Å². The molecule has 1 saturated carbocycles. The molecule has 2 aliphatic carbocycles. The molecule has 1 saturated heterocycles. The van der Waals surface area contributed by atoms with E-state index in [9.17, 15) is 4.79 Å². The third kappa shape index (κ3) is 6.01. The second-order valence-electron chi connectivity index (χ2n) is 11.2. The summed E-state index contributed by atoms with van der Waals surface area (Å²) in [6, 6.07) is 0.712. The highest BCUT2D eigenvalue weighted by Crippen LogP contribution is 2.33. The van der Waals surface area contributed by atoms with E-state index in [1.54, 1.807) is 0 Å². The fourth-order valence-corrected chi connectivity index (χ4v) is 6.61. The Bertz CT molecular complexity index is 1250. The summed E-state index contributed by atoms with van der Waals surface area (Å²) < 4.78 is 1.92. The molecule has 2 aromatic heterocycles. The van der Waals surface area contributed by atoms with Crippen LogP contribution in [0.3, 0.4) is 0 Å². The molecular formula is C31H41N5O. The summed E-state index contributed by atoms with van der Waals surface area (Å²) in [4.78, 5) is 23.1. The maximum atomic E-state index is 11.1. The summed E-state index contributed by atoms with van der Waals surface area (Å²) in [6.07, 6.45) is 24.6. The van der Waals surface area contributed by atoms with E-state index in [1.165, 1.54) is 81.3 Å². The summed E-state index contributed by atoms with van der Waals surface area (Å²) in [5.41, 5.74) is 5.79. The molecule has 3 unspecified atom stereocenters. The van der Waals surface area contributed by atoms with Gasteiger partial charge in [-0.05, 0) is 88.8 Å². The molecule has 3 aliphatic rings. The zero-order valence-electron chi connectivity index (χ0n) is 22.7. The minimum atomic E-state index is 0.617. The summed E-state index contributed by atoms with van der Waals surface area (Å²) in [5.74, 6) is 2.80. The van der Waals surface area contributed by atoms with Crippen LogP contribution in [0.15, 0.2) is 47.6 Å². The number of carbonyl (C=O) groups is 1. The van der Waals surface area contributed by atoms with E-state index in [0.29, 0.717) is 17.9 Å². The average Bonchev–Trinajstić information content (AvgIpc) is 3.50. The zero-order chi connectivity index (χ0) is 25.8. The Morgan fingerprint density at radius 1 is 0.946 bits per heavy atom. The third-order valence-electron chi connectivity index (χ3n) is 8.67. The van der Waals surface area contributed by atoms with Crippen LogP contribution in [0.2, 0.25) is 0 Å². The molecule has 0 spiro atoms. The number of aryl methyl sites for hydroxylation is 3. The summed E-state index contributed by atoms with van der Waals surface area (Å²) in [6.45, 7) is 8.65. The largest absolute Gasteiger partial charge is 0.300 e. The van der Waals surface area contributed by atoms with Crippen molar-refractivity contribution in [1.82, 2.24) is 24.5 Å². The van der Waals surface area contributed by atoms with Gasteiger partial charge in [0, 0.05) is 29.5 Å². The lowest BCUT2D eigenvalue weighted by atomic mass is 9.88. The molecule has 2 fully saturated rings. The van der Waals surface area contributed by atoms with E-state index >= 15 is 0 Å². The number of aldehydes is 1. The number of carbonyl (C=O) groups excluding carboxylic acids is 1. The number of aromatic nitrogens is 4. The Balaban J connectivity index is 1.18. The summed E-state index contributed by atoms with van der Waals surface area (Å²) in [5, 5.41) is 4.57. The molecule has 37 heavy (non-hydrogen) atoms. The summed E-state index contributed by atoms with van der Waals surface area (Å²) >= 11 is 0. The second-order valence-corrected chi connectivity index (χ2v) is 11.2. The van der Waals surface area contributed by atoms with Gasteiger partial charge in [-0.2, -0.15) is 10.1 Å². The Morgan fingerprint density at radius 3 is 2.59 bits per heavy atom. The topological polar surface area (TPSA) is 63.4 Å². The van der Waals surface area contributed by atoms with Gasteiger partial charge in [0.15, 0.2) is 0 Å². The molecule has 0 amide bonds. The van der Waals surface area contributed by atoms with Crippen molar-refractivity contribution < 1.29 is 4.79 Å². The van der Waals surface area contributed by atoms with Crippen LogP contribution in [0.5, 0.6) is 0 Å². The molecule has 2 aromatic rings. The molecule has 5 rings (SSSR count). The standard InChI is InChI=1S/C31H41N5O/c1-22-30(23(2)36-31(32-22)33-24(3)34-36)19-26-17-18-35(20-26)29-15-5-4-11-27(14-8-16-29)28-12-6-9-25(21-37)10-7-13-28/h6-7,9-10,12-13,21,26-27,29H,4-5,8,11,14-20H2,1-3H3/b9-6-,10-7?,12-6?,13-7-,25-9?,25-10+,28-12+,28-13?. The lowest BCUT2D eigenvalue weighted by Gasteiger charge is -2.28. The van der Waals surface area contributed by atoms with Crippen molar-refractivity contribution in [3.8, 4) is 0 Å². The maximum Gasteiger partial charge on any atom is 0.252 e. The number of likely N-dealkylation sites (tertiary alicyclic amines) is 1. The predicted octanol–water partition coefficient (Wildman–Crippen LogP) is 5.82. The molecule has 6 heteroatoms. The molecule has 0 bridgehead atoms. The smallest absolute Gasteiger partial charge is 0.252 e. The Kier molecular flexibility index (Phi) is 8.14. The lowest BCUT2D eigenvalue weighted by molar-refractivity contribution is -0.104. The van der Waals surface area contributed by atoms with Gasteiger partial charge in [-0.25, -0.2) is 9.50 Å². The highest BCUT2D eigenvalue weighted by Gasteiger charge is 2.30. The minimum absolute atomic E-state index is 0.617. The van der Waals surface area contributed by atoms with E-state index in [1.807, 2.05) is 35.7 Å². The quantitative estimate of drug-likeness (QED) is 0.485. The average molecular weight is 500 g/mol. The maximum absolute atomic E-state index is 11.1. The number of hydrogen-bond donors (Lipinski definition) is 0. The number of hydrogen-bond acceptors (Lipinski definition) is 5. The van der Waals surface area contributed by atoms with Crippen molar-refractivity contribution in [2.45, 2.75) is 84.6 Å². The van der Waals surface area contributed by atoms with E-state index < -0.39 is 0 Å². The van der Waals surface area contributed by atoms with Crippen LogP contribution in [0.1, 0.15) is 74.1 Å². The molecular weight excluding hydrogens is 458 g/mol. The van der Waals surface area contributed by atoms with Gasteiger partial charge in [0.1, 0.15) is 12.1 Å². The summed E-state index contributed by atoms with van der Waals surface area (Å²) in [7, 11) is 0. The number of allylic oxidation sites excluding steroid dienone is 8. The predicted molar refractivity (Wildman–Crippen MR) is 148 cm³/mol. The van der Waals surface area contributed by atoms with E-state index in [4.69, 9.17) is 4.98 Å². The van der Waals surface area contributed by atoms with E-state index in [-0.39, 0.29) is 0 Å². The van der Waals surface area contributed by atoms with Gasteiger partial charge in [0.2, 0.25) is 0 Å². The van der Waals surface area contributed by atoms with Gasteiger partial charge in [0.25, 0.3) is 5.78 Å². The van der Waals surface area contributed by atoms with Gasteiger partial charge in [0.05, 0.1) is 0 Å². The van der Waals surface area contributed by atoms with E-state index in [2.05, 4.69) is 41.0 Å². The third-order valence-corrected chi connectivity index (χ3v) is 8.67. The minimum Gasteiger partial charge on any atom is -0.300 e. The number of nitrogens with zero attached hydrogens (tertiary/aromatic N) is 5. The monoisotopic (exact) mass is 499 g/mol. The van der Waals surface area contributed by atoms with Gasteiger partial charge in [-0.15, -0.1) is 0 Å². The Morgan fingerprint density at radius 2 is 1.73 bits per heavy atom. The molecule has 3 atom stereocenters. The first-order chi connectivity index (χ1) is 18.0. The first-order valence-electron chi connectivity index (χ1n) is 14.2. The van der Waals surface area contributed by atoms with Gasteiger partial charge < -0.3 is 4.90 Å². The molecule has 6 nitrogen and oxygen atoms in total. The lowest BCUT2D eigenvalue weighted by Crippen LogP contribution is -2.33. The number of rotatable bonds is 5. The van der Waals surface area contributed by atoms with Crippen molar-refractivity contribution in [2.75, 3.05) is 13.1 Å². The fourth-order valence-electron chi connectivity index (χ4n) is 6.61. The normalized spacial score (nSPS) is 30.2. The molecule has 0 aromatic carbocycles. The molecule has 1 aliphatic heterocycles. The SMILES string of the molecule is Cc1nc2nc(C)c(CC3CCN(C4CCCCC(C5=C/C=C\C(C=O)=C/C=C\5)CCC4)C3)c(C)n2n1. The number of fused-ring (bicyclic) bond motifs is 1. The zero-order valence-corrected chi connectivity index (χ0v) is 22.7. The van der Waals surface area contributed by atoms with Crippen LogP contribution < -0.4 is 0 Å². The van der Waals surface area contributed by atoms with Gasteiger partial charge in [-0.1, -0.05) is 55.7 Å². The van der Waals surface area contributed by atoms with Crippen LogP contribution in [0.25, 0.3) is 5.78 Å². The highest BCUT2D eigenvalue weighted by atomic mass is 16.1. The van der Waals surface area contributed by atoms with Gasteiger partial charge in [-0.3, -0.25) is 4.79 Å². The Labute approximate surface area is 221 Å². The molecule has 196 valence electrons. The van der Waals surface area contributed by atoms with Crippen LogP contribution in [0, 0.1) is 32.6 Å². The molecule has 3 heterocycles. The highest BCUT2D eigenvalue weighted by molar-refractivity contribution is 5.78. The van der Waals surface area contributed by atoms with Gasteiger partial charge >= 0.3 is 0 Å². The van der Waals surface area contributed by atoms with Crippen LogP contribution in [-0.2, 0) is 11.2 Å². The van der Waals surface area contributed by atoms with Crippen molar-refractivity contribution in [1.29, 1.82) is 0 Å². The van der Waals surface area contributed by atoms with Crippen molar-refractivity contribution in [3.05, 3.63) is 70.4 Å². The molecule has 0 radical (unpaired) electrons. The first-order valence-corrected chi connectivity index (χ1v) is 14.2. The van der Waals surface area contributed by atoms with Crippen molar-refractivity contribution >= 4 is 12.1 Å². The molecule has 0 N–H and O–H groups in total. The first kappa shape index (κ1) is 25.8. The fraction of sp³-hybridized carbons (Fsp3) is 0.548. The van der Waals surface area contributed by atoms with Crippen LogP contribution >= 0.6 is 0 Å². The van der Waals surface area contributed by atoms with Crippen LogP contribution in [-0.4, -0.2) is 49.9 Å². The van der Waals surface area contributed by atoms with Crippen molar-refractivity contribution in [2.24, 2.45) is 11.8 Å².